The number of nitriles is 1. The van der Waals surface area contributed by atoms with Gasteiger partial charge in [-0.2, -0.15) is 5.26 Å². The Kier molecular flexibility index (Phi) is 1.79. The van der Waals surface area contributed by atoms with Gasteiger partial charge in [0.15, 0.2) is 0 Å². The van der Waals surface area contributed by atoms with E-state index in [0.29, 0.717) is 0 Å². The first-order valence-electron chi connectivity index (χ1n) is 4.18. The highest BCUT2D eigenvalue weighted by atomic mass is 16.3. The fourth-order valence-electron chi connectivity index (χ4n) is 1.33. The van der Waals surface area contributed by atoms with Crippen LogP contribution in [-0.4, -0.2) is 0 Å². The Morgan fingerprint density at radius 2 is 2.23 bits per heavy atom. The molecule has 1 atom stereocenters. The summed E-state index contributed by atoms with van der Waals surface area (Å²) >= 11 is 0. The number of furan rings is 1. The summed E-state index contributed by atoms with van der Waals surface area (Å²) in [6.07, 6.45) is 1.66. The molecule has 0 aliphatic heterocycles. The average molecular weight is 171 g/mol. The molecule has 2 aromatic rings. The molecule has 1 unspecified atom stereocenters. The fraction of sp³-hybridized carbons (Fsp3) is 0.182. The second kappa shape index (κ2) is 2.95. The number of hydrogen-bond acceptors (Lipinski definition) is 2. The molecule has 0 radical (unpaired) electrons. The van der Waals surface area contributed by atoms with E-state index in [2.05, 4.69) is 6.07 Å². The molecule has 0 saturated carbocycles. The molecule has 1 aromatic heterocycles. The maximum Gasteiger partial charge on any atom is 0.133 e. The lowest BCUT2D eigenvalue weighted by Gasteiger charge is -2.01. The molecule has 0 spiro atoms. The van der Waals surface area contributed by atoms with Crippen molar-refractivity contribution in [2.24, 2.45) is 0 Å². The van der Waals surface area contributed by atoms with Crippen molar-refractivity contribution in [3.63, 3.8) is 0 Å². The van der Waals surface area contributed by atoms with Crippen LogP contribution in [0, 0.1) is 11.3 Å². The smallest absolute Gasteiger partial charge is 0.133 e. The summed E-state index contributed by atoms with van der Waals surface area (Å²) < 4.78 is 5.20. The van der Waals surface area contributed by atoms with Crippen molar-refractivity contribution < 1.29 is 4.42 Å². The predicted molar refractivity (Wildman–Crippen MR) is 50.2 cm³/mol. The molecule has 0 fully saturated rings. The molecule has 13 heavy (non-hydrogen) atoms. The lowest BCUT2D eigenvalue weighted by Crippen LogP contribution is -1.87. The number of rotatable bonds is 1. The number of fused-ring (bicyclic) bond motifs is 1. The molecule has 0 aliphatic carbocycles. The zero-order chi connectivity index (χ0) is 9.26. The molecular weight excluding hydrogens is 162 g/mol. The molecule has 1 heterocycles. The first-order valence-corrected chi connectivity index (χ1v) is 4.18. The van der Waals surface area contributed by atoms with E-state index < -0.39 is 0 Å². The van der Waals surface area contributed by atoms with E-state index in [9.17, 15) is 0 Å². The van der Waals surface area contributed by atoms with Gasteiger partial charge in [-0.05, 0) is 30.7 Å². The van der Waals surface area contributed by atoms with Gasteiger partial charge in [-0.3, -0.25) is 0 Å². The van der Waals surface area contributed by atoms with Crippen LogP contribution in [-0.2, 0) is 0 Å². The Hall–Kier alpha value is -1.75. The summed E-state index contributed by atoms with van der Waals surface area (Å²) in [5.41, 5.74) is 1.91. The predicted octanol–water partition coefficient (Wildman–Crippen LogP) is 3.06. The maximum atomic E-state index is 8.74. The van der Waals surface area contributed by atoms with Crippen LogP contribution in [0.4, 0.5) is 0 Å². The zero-order valence-electron chi connectivity index (χ0n) is 7.32. The molecule has 1 aromatic carbocycles. The molecule has 2 heteroatoms. The summed E-state index contributed by atoms with van der Waals surface area (Å²) in [5.74, 6) is -0.0562. The Labute approximate surface area is 76.4 Å². The number of benzene rings is 1. The van der Waals surface area contributed by atoms with E-state index in [1.54, 1.807) is 6.26 Å². The van der Waals surface area contributed by atoms with E-state index in [-0.39, 0.29) is 5.92 Å². The minimum absolute atomic E-state index is 0.0562. The second-order valence-corrected chi connectivity index (χ2v) is 3.07. The molecule has 2 rings (SSSR count). The lowest BCUT2D eigenvalue weighted by atomic mass is 10.0. The van der Waals surface area contributed by atoms with Crippen LogP contribution in [0.3, 0.4) is 0 Å². The quantitative estimate of drug-likeness (QED) is 0.661. The Morgan fingerprint density at radius 1 is 1.38 bits per heavy atom. The van der Waals surface area contributed by atoms with Gasteiger partial charge in [0.1, 0.15) is 5.58 Å². The van der Waals surface area contributed by atoms with Crippen molar-refractivity contribution >= 4 is 11.0 Å². The summed E-state index contributed by atoms with van der Waals surface area (Å²) in [4.78, 5) is 0. The van der Waals surface area contributed by atoms with Gasteiger partial charge in [-0.15, -0.1) is 0 Å². The Morgan fingerprint density at radius 3 is 3.00 bits per heavy atom. The SMILES string of the molecule is CC(C#N)c1ccc2occc2c1. The number of hydrogen-bond donors (Lipinski definition) is 0. The van der Waals surface area contributed by atoms with Crippen LogP contribution >= 0.6 is 0 Å². The molecule has 0 N–H and O–H groups in total. The molecule has 64 valence electrons. The van der Waals surface area contributed by atoms with Crippen molar-refractivity contribution in [3.8, 4) is 6.07 Å². The van der Waals surface area contributed by atoms with Gasteiger partial charge in [0.05, 0.1) is 18.3 Å². The average Bonchev–Trinajstić information content (AvgIpc) is 2.63. The normalized spacial score (nSPS) is 12.6. The first-order chi connectivity index (χ1) is 6.31. The highest BCUT2D eigenvalue weighted by Gasteiger charge is 2.04. The van der Waals surface area contributed by atoms with Crippen molar-refractivity contribution in [3.05, 3.63) is 36.1 Å². The van der Waals surface area contributed by atoms with E-state index in [4.69, 9.17) is 9.68 Å². The van der Waals surface area contributed by atoms with Gasteiger partial charge in [0.25, 0.3) is 0 Å². The fourth-order valence-corrected chi connectivity index (χ4v) is 1.33. The third-order valence-electron chi connectivity index (χ3n) is 2.17. The first kappa shape index (κ1) is 7.88. The summed E-state index contributed by atoms with van der Waals surface area (Å²) in [7, 11) is 0. The largest absolute Gasteiger partial charge is 0.464 e. The molecule has 0 aliphatic rings. The molecular formula is C11H9NO. The zero-order valence-corrected chi connectivity index (χ0v) is 7.32. The van der Waals surface area contributed by atoms with Crippen LogP contribution in [0.15, 0.2) is 34.9 Å². The second-order valence-electron chi connectivity index (χ2n) is 3.07. The van der Waals surface area contributed by atoms with Crippen molar-refractivity contribution in [2.75, 3.05) is 0 Å². The minimum atomic E-state index is -0.0562. The van der Waals surface area contributed by atoms with E-state index in [0.717, 1.165) is 16.5 Å². The Bertz CT molecular complexity index is 464. The maximum absolute atomic E-state index is 8.74. The lowest BCUT2D eigenvalue weighted by molar-refractivity contribution is 0.615. The third kappa shape index (κ3) is 1.29. The molecule has 0 bridgehead atoms. The topological polar surface area (TPSA) is 36.9 Å². The van der Waals surface area contributed by atoms with E-state index in [1.165, 1.54) is 0 Å². The monoisotopic (exact) mass is 171 g/mol. The van der Waals surface area contributed by atoms with Gasteiger partial charge < -0.3 is 4.42 Å². The van der Waals surface area contributed by atoms with Gasteiger partial charge in [0, 0.05) is 5.39 Å². The third-order valence-corrected chi connectivity index (χ3v) is 2.17. The number of nitrogens with zero attached hydrogens (tertiary/aromatic N) is 1. The van der Waals surface area contributed by atoms with Crippen molar-refractivity contribution in [1.29, 1.82) is 5.26 Å². The van der Waals surface area contributed by atoms with Gasteiger partial charge >= 0.3 is 0 Å². The highest BCUT2D eigenvalue weighted by Crippen LogP contribution is 2.21. The van der Waals surface area contributed by atoms with E-state index in [1.807, 2.05) is 31.2 Å². The molecule has 2 nitrogen and oxygen atoms in total. The molecule has 0 saturated heterocycles. The van der Waals surface area contributed by atoms with Crippen LogP contribution in [0.2, 0.25) is 0 Å². The summed E-state index contributed by atoms with van der Waals surface area (Å²) in [6.45, 7) is 1.89. The van der Waals surface area contributed by atoms with Crippen molar-refractivity contribution in [1.82, 2.24) is 0 Å². The van der Waals surface area contributed by atoms with Gasteiger partial charge in [0.2, 0.25) is 0 Å². The van der Waals surface area contributed by atoms with Crippen LogP contribution < -0.4 is 0 Å². The van der Waals surface area contributed by atoms with Crippen LogP contribution in [0.5, 0.6) is 0 Å². The van der Waals surface area contributed by atoms with Gasteiger partial charge in [-0.1, -0.05) is 6.07 Å². The van der Waals surface area contributed by atoms with Crippen molar-refractivity contribution in [2.45, 2.75) is 12.8 Å². The minimum Gasteiger partial charge on any atom is -0.464 e. The highest BCUT2D eigenvalue weighted by molar-refractivity contribution is 5.77. The van der Waals surface area contributed by atoms with Crippen LogP contribution in [0.25, 0.3) is 11.0 Å². The Balaban J connectivity index is 2.55. The molecule has 0 amide bonds. The van der Waals surface area contributed by atoms with E-state index >= 15 is 0 Å². The summed E-state index contributed by atoms with van der Waals surface area (Å²) in [5, 5.41) is 9.79. The van der Waals surface area contributed by atoms with Gasteiger partial charge in [-0.25, -0.2) is 0 Å². The van der Waals surface area contributed by atoms with Crippen LogP contribution in [0.1, 0.15) is 18.4 Å². The summed E-state index contributed by atoms with van der Waals surface area (Å²) in [6, 6.07) is 9.94. The standard InChI is InChI=1S/C11H9NO/c1-8(7-12)9-2-3-11-10(6-9)4-5-13-11/h2-6,8H,1H3.